The first kappa shape index (κ1) is 13.8. The lowest BCUT2D eigenvalue weighted by Crippen LogP contribution is -2.24. The van der Waals surface area contributed by atoms with Crippen molar-refractivity contribution in [3.8, 4) is 0 Å². The number of rotatable bonds is 4. The van der Waals surface area contributed by atoms with Crippen LogP contribution >= 0.6 is 11.3 Å². The summed E-state index contributed by atoms with van der Waals surface area (Å²) in [7, 11) is 0. The van der Waals surface area contributed by atoms with E-state index in [1.807, 2.05) is 11.3 Å². The third-order valence-electron chi connectivity index (χ3n) is 4.14. The van der Waals surface area contributed by atoms with Gasteiger partial charge in [-0.15, -0.1) is 11.3 Å². The summed E-state index contributed by atoms with van der Waals surface area (Å²) in [4.78, 5) is 6.10. The van der Waals surface area contributed by atoms with Crippen LogP contribution in [0, 0.1) is 27.7 Å². The minimum Gasteiger partial charge on any atom is -0.301 e. The zero-order valence-electron chi connectivity index (χ0n) is 12.7. The van der Waals surface area contributed by atoms with Crippen LogP contribution in [-0.4, -0.2) is 11.0 Å². The molecule has 2 nitrogen and oxygen atoms in total. The molecule has 0 spiro atoms. The lowest BCUT2D eigenvalue weighted by Gasteiger charge is -2.18. The molecular formula is C17H22N2S. The van der Waals surface area contributed by atoms with Crippen LogP contribution in [0.2, 0.25) is 0 Å². The molecule has 106 valence electrons. The van der Waals surface area contributed by atoms with Crippen LogP contribution < -0.4 is 5.32 Å². The molecule has 2 aromatic rings. The molecule has 1 aliphatic carbocycles. The van der Waals surface area contributed by atoms with Gasteiger partial charge in [-0.3, -0.25) is 0 Å². The van der Waals surface area contributed by atoms with E-state index in [9.17, 15) is 0 Å². The number of benzene rings is 1. The highest BCUT2D eigenvalue weighted by Crippen LogP contribution is 2.32. The number of aryl methyl sites for hydroxylation is 4. The SMILES string of the molecule is Cc1ccc(C(NC2CC2)c2nc(C)c(C)s2)cc1C. The molecule has 3 heteroatoms. The van der Waals surface area contributed by atoms with Crippen molar-refractivity contribution >= 4 is 11.3 Å². The zero-order chi connectivity index (χ0) is 14.3. The summed E-state index contributed by atoms with van der Waals surface area (Å²) in [6, 6.07) is 7.69. The van der Waals surface area contributed by atoms with E-state index >= 15 is 0 Å². The van der Waals surface area contributed by atoms with Crippen LogP contribution in [0.5, 0.6) is 0 Å². The van der Waals surface area contributed by atoms with Gasteiger partial charge in [0.15, 0.2) is 0 Å². The summed E-state index contributed by atoms with van der Waals surface area (Å²) in [5.41, 5.74) is 5.21. The predicted octanol–water partition coefficient (Wildman–Crippen LogP) is 4.22. The average molecular weight is 286 g/mol. The third-order valence-corrected chi connectivity index (χ3v) is 5.27. The Morgan fingerprint density at radius 1 is 1.15 bits per heavy atom. The molecule has 0 saturated heterocycles. The lowest BCUT2D eigenvalue weighted by atomic mass is 10.0. The summed E-state index contributed by atoms with van der Waals surface area (Å²) in [5, 5.41) is 4.96. The Balaban J connectivity index is 1.97. The van der Waals surface area contributed by atoms with E-state index in [0.717, 1.165) is 5.69 Å². The molecule has 1 unspecified atom stereocenters. The van der Waals surface area contributed by atoms with Gasteiger partial charge in [-0.2, -0.15) is 0 Å². The van der Waals surface area contributed by atoms with Crippen LogP contribution in [0.4, 0.5) is 0 Å². The number of nitrogens with zero attached hydrogens (tertiary/aromatic N) is 1. The quantitative estimate of drug-likeness (QED) is 0.910. The molecule has 1 heterocycles. The number of hydrogen-bond acceptors (Lipinski definition) is 3. The van der Waals surface area contributed by atoms with Gasteiger partial charge in [0.05, 0.1) is 11.7 Å². The Bertz CT molecular complexity index is 606. The van der Waals surface area contributed by atoms with Gasteiger partial charge in [-0.25, -0.2) is 4.98 Å². The molecule has 1 saturated carbocycles. The van der Waals surface area contributed by atoms with Crippen LogP contribution in [0.3, 0.4) is 0 Å². The fourth-order valence-corrected chi connectivity index (χ4v) is 3.37. The monoisotopic (exact) mass is 286 g/mol. The van der Waals surface area contributed by atoms with Gasteiger partial charge in [-0.1, -0.05) is 18.2 Å². The third kappa shape index (κ3) is 2.79. The summed E-state index contributed by atoms with van der Waals surface area (Å²) >= 11 is 1.82. The first-order valence-electron chi connectivity index (χ1n) is 7.31. The Hall–Kier alpha value is -1.19. The number of thiazole rings is 1. The molecule has 1 aliphatic rings. The maximum atomic E-state index is 4.78. The standard InChI is InChI=1S/C17H22N2S/c1-10-5-6-14(9-11(10)2)16(19-15-7-8-15)17-18-12(3)13(4)20-17/h5-6,9,15-16,19H,7-8H2,1-4H3. The van der Waals surface area contributed by atoms with Gasteiger partial charge >= 0.3 is 0 Å². The second kappa shape index (κ2) is 5.30. The maximum absolute atomic E-state index is 4.78. The van der Waals surface area contributed by atoms with Crippen LogP contribution in [0.25, 0.3) is 0 Å². The van der Waals surface area contributed by atoms with Crippen molar-refractivity contribution < 1.29 is 0 Å². The number of hydrogen-bond donors (Lipinski definition) is 1. The minimum atomic E-state index is 0.249. The minimum absolute atomic E-state index is 0.249. The number of nitrogens with one attached hydrogen (secondary N) is 1. The molecule has 1 aromatic carbocycles. The topological polar surface area (TPSA) is 24.9 Å². The fourth-order valence-electron chi connectivity index (χ4n) is 2.36. The van der Waals surface area contributed by atoms with Gasteiger partial charge in [0, 0.05) is 10.9 Å². The van der Waals surface area contributed by atoms with E-state index in [1.54, 1.807) is 0 Å². The van der Waals surface area contributed by atoms with E-state index in [4.69, 9.17) is 4.98 Å². The maximum Gasteiger partial charge on any atom is 0.115 e. The molecule has 0 radical (unpaired) electrons. The van der Waals surface area contributed by atoms with Crippen LogP contribution in [0.1, 0.15) is 51.2 Å². The predicted molar refractivity (Wildman–Crippen MR) is 85.5 cm³/mol. The van der Waals surface area contributed by atoms with Gasteiger partial charge in [0.1, 0.15) is 5.01 Å². The lowest BCUT2D eigenvalue weighted by molar-refractivity contribution is 0.597. The summed E-state index contributed by atoms with van der Waals surface area (Å²) in [6.07, 6.45) is 2.59. The van der Waals surface area contributed by atoms with Crippen molar-refractivity contribution in [3.63, 3.8) is 0 Å². The molecule has 0 amide bonds. The van der Waals surface area contributed by atoms with Crippen molar-refractivity contribution in [2.45, 2.75) is 52.6 Å². The molecule has 3 rings (SSSR count). The average Bonchev–Trinajstić information content (AvgIpc) is 3.17. The first-order chi connectivity index (χ1) is 9.54. The highest BCUT2D eigenvalue weighted by Gasteiger charge is 2.28. The van der Waals surface area contributed by atoms with Crippen molar-refractivity contribution in [1.82, 2.24) is 10.3 Å². The molecule has 0 aliphatic heterocycles. The van der Waals surface area contributed by atoms with Crippen molar-refractivity contribution in [3.05, 3.63) is 50.5 Å². The first-order valence-corrected chi connectivity index (χ1v) is 8.13. The van der Waals surface area contributed by atoms with Crippen LogP contribution in [0.15, 0.2) is 18.2 Å². The zero-order valence-corrected chi connectivity index (χ0v) is 13.5. The molecule has 1 aromatic heterocycles. The van der Waals surface area contributed by atoms with E-state index in [0.29, 0.717) is 6.04 Å². The smallest absolute Gasteiger partial charge is 0.115 e. The Labute approximate surface area is 125 Å². The van der Waals surface area contributed by atoms with Crippen molar-refractivity contribution in [1.29, 1.82) is 0 Å². The second-order valence-electron chi connectivity index (χ2n) is 5.91. The molecule has 1 atom stereocenters. The molecule has 1 fully saturated rings. The van der Waals surface area contributed by atoms with E-state index in [-0.39, 0.29) is 6.04 Å². The summed E-state index contributed by atoms with van der Waals surface area (Å²) < 4.78 is 0. The van der Waals surface area contributed by atoms with Gasteiger partial charge in [0.2, 0.25) is 0 Å². The van der Waals surface area contributed by atoms with Gasteiger partial charge in [-0.05, 0) is 57.2 Å². The highest BCUT2D eigenvalue weighted by atomic mass is 32.1. The largest absolute Gasteiger partial charge is 0.301 e. The highest BCUT2D eigenvalue weighted by molar-refractivity contribution is 7.11. The van der Waals surface area contributed by atoms with Crippen molar-refractivity contribution in [2.24, 2.45) is 0 Å². The Morgan fingerprint density at radius 2 is 1.90 bits per heavy atom. The second-order valence-corrected chi connectivity index (χ2v) is 7.15. The molecule has 20 heavy (non-hydrogen) atoms. The summed E-state index contributed by atoms with van der Waals surface area (Å²) in [5.74, 6) is 0. The van der Waals surface area contributed by atoms with Crippen molar-refractivity contribution in [2.75, 3.05) is 0 Å². The number of aromatic nitrogens is 1. The molecule has 1 N–H and O–H groups in total. The molecular weight excluding hydrogens is 264 g/mol. The van der Waals surface area contributed by atoms with E-state index in [1.165, 1.54) is 39.4 Å². The van der Waals surface area contributed by atoms with Gasteiger partial charge < -0.3 is 5.32 Å². The van der Waals surface area contributed by atoms with Crippen LogP contribution in [-0.2, 0) is 0 Å². The van der Waals surface area contributed by atoms with E-state index in [2.05, 4.69) is 51.2 Å². The van der Waals surface area contributed by atoms with Gasteiger partial charge in [0.25, 0.3) is 0 Å². The Morgan fingerprint density at radius 3 is 2.45 bits per heavy atom. The summed E-state index contributed by atoms with van der Waals surface area (Å²) in [6.45, 7) is 8.61. The van der Waals surface area contributed by atoms with E-state index < -0.39 is 0 Å². The fraction of sp³-hybridized carbons (Fsp3) is 0.471. The Kier molecular flexibility index (Phi) is 3.65. The normalized spacial score (nSPS) is 16.4. The molecule has 0 bridgehead atoms.